The topological polar surface area (TPSA) is 185 Å². The van der Waals surface area contributed by atoms with Gasteiger partial charge in [-0.1, -0.05) is 30.3 Å². The van der Waals surface area contributed by atoms with Crippen molar-refractivity contribution in [1.29, 1.82) is 0 Å². The Morgan fingerprint density at radius 2 is 1.67 bits per heavy atom. The van der Waals surface area contributed by atoms with E-state index in [9.17, 15) is 24.3 Å². The molecule has 0 aliphatic carbocycles. The Balaban J connectivity index is 2.76. The molecule has 0 radical (unpaired) electrons. The molecule has 0 unspecified atom stereocenters. The number of carboxylic acids is 1. The highest BCUT2D eigenvalue weighted by molar-refractivity contribution is 5.93. The van der Waals surface area contributed by atoms with Crippen molar-refractivity contribution in [2.24, 2.45) is 11.5 Å². The van der Waals surface area contributed by atoms with Crippen LogP contribution in [0.15, 0.2) is 30.3 Å². The Morgan fingerprint density at radius 3 is 2.15 bits per heavy atom. The summed E-state index contributed by atoms with van der Waals surface area (Å²) < 4.78 is 0. The highest BCUT2D eigenvalue weighted by Gasteiger charge is 2.31. The van der Waals surface area contributed by atoms with Gasteiger partial charge in [-0.25, -0.2) is 4.79 Å². The molecule has 10 heteroatoms. The lowest BCUT2D eigenvalue weighted by atomic mass is 10.0. The van der Waals surface area contributed by atoms with Crippen molar-refractivity contribution in [3.63, 3.8) is 0 Å². The molecule has 1 aromatic carbocycles. The van der Waals surface area contributed by atoms with Crippen molar-refractivity contribution < 1.29 is 29.4 Å². The predicted molar refractivity (Wildman–Crippen MR) is 95.1 cm³/mol. The molecule has 0 aromatic heterocycles. The van der Waals surface area contributed by atoms with Crippen LogP contribution in [0.3, 0.4) is 0 Å². The molecule has 148 valence electrons. The zero-order chi connectivity index (χ0) is 20.6. The van der Waals surface area contributed by atoms with Crippen molar-refractivity contribution in [3.05, 3.63) is 35.9 Å². The molecule has 1 aromatic rings. The number of aliphatic carboxylic acids is 1. The summed E-state index contributed by atoms with van der Waals surface area (Å²) in [5.74, 6) is -4.07. The maximum atomic E-state index is 12.3. The minimum absolute atomic E-state index is 0.209. The summed E-state index contributed by atoms with van der Waals surface area (Å²) in [6.07, 6.45) is -1.75. The van der Waals surface area contributed by atoms with E-state index >= 15 is 0 Å². The predicted octanol–water partition coefficient (Wildman–Crippen LogP) is -2.13. The summed E-state index contributed by atoms with van der Waals surface area (Å²) in [6.45, 7) is 1.25. The Morgan fingerprint density at radius 1 is 1.07 bits per heavy atom. The molecule has 0 heterocycles. The van der Waals surface area contributed by atoms with E-state index in [1.54, 1.807) is 24.3 Å². The number of amides is 3. The summed E-state index contributed by atoms with van der Waals surface area (Å²) in [4.78, 5) is 46.5. The molecule has 0 bridgehead atoms. The average Bonchev–Trinajstić information content (AvgIpc) is 2.58. The standard InChI is InChI=1S/C17H24N4O6/c1-9(22)14(16(25)20-12(17(26)27)8-13(19)23)21-15(24)11(18)7-10-5-3-2-4-6-10/h2-6,9,11-12,14,22H,7-8,18H2,1H3,(H2,19,23)(H,20,25)(H,21,24)(H,26,27)/t9-,11+,12+,14+/m1/s1. The number of aliphatic hydroxyl groups excluding tert-OH is 1. The molecule has 1 rings (SSSR count). The van der Waals surface area contributed by atoms with Gasteiger partial charge in [0.25, 0.3) is 0 Å². The van der Waals surface area contributed by atoms with E-state index < -0.39 is 54.3 Å². The first-order valence-corrected chi connectivity index (χ1v) is 8.21. The lowest BCUT2D eigenvalue weighted by Gasteiger charge is -2.24. The maximum Gasteiger partial charge on any atom is 0.326 e. The first-order valence-electron chi connectivity index (χ1n) is 8.21. The summed E-state index contributed by atoms with van der Waals surface area (Å²) in [7, 11) is 0. The lowest BCUT2D eigenvalue weighted by Crippen LogP contribution is -2.58. The van der Waals surface area contributed by atoms with Gasteiger partial charge in [-0.15, -0.1) is 0 Å². The molecule has 0 fully saturated rings. The van der Waals surface area contributed by atoms with Crippen LogP contribution in [0.5, 0.6) is 0 Å². The van der Waals surface area contributed by atoms with Gasteiger partial charge in [-0.3, -0.25) is 14.4 Å². The molecule has 0 saturated heterocycles. The van der Waals surface area contributed by atoms with Gasteiger partial charge in [0.05, 0.1) is 18.6 Å². The maximum absolute atomic E-state index is 12.3. The summed E-state index contributed by atoms with van der Waals surface area (Å²) in [5.41, 5.74) is 11.6. The number of primary amides is 1. The average molecular weight is 380 g/mol. The number of carboxylic acid groups (broad SMARTS) is 1. The van der Waals surface area contributed by atoms with Crippen molar-refractivity contribution in [2.75, 3.05) is 0 Å². The number of carbonyl (C=O) groups is 4. The van der Waals surface area contributed by atoms with E-state index in [4.69, 9.17) is 16.6 Å². The quantitative estimate of drug-likeness (QED) is 0.267. The van der Waals surface area contributed by atoms with Gasteiger partial charge in [0.1, 0.15) is 12.1 Å². The van der Waals surface area contributed by atoms with Gasteiger partial charge in [-0.2, -0.15) is 0 Å². The smallest absolute Gasteiger partial charge is 0.326 e. The Bertz CT molecular complexity index is 679. The molecular formula is C17H24N4O6. The summed E-state index contributed by atoms with van der Waals surface area (Å²) in [6, 6.07) is 4.95. The van der Waals surface area contributed by atoms with E-state index in [2.05, 4.69) is 10.6 Å². The summed E-state index contributed by atoms with van der Waals surface area (Å²) >= 11 is 0. The van der Waals surface area contributed by atoms with Crippen LogP contribution in [-0.2, 0) is 25.6 Å². The Labute approximate surface area is 155 Å². The molecule has 8 N–H and O–H groups in total. The van der Waals surface area contributed by atoms with Crippen LogP contribution in [0.1, 0.15) is 18.9 Å². The zero-order valence-corrected chi connectivity index (χ0v) is 14.8. The molecule has 10 nitrogen and oxygen atoms in total. The second kappa shape index (κ2) is 10.2. The van der Waals surface area contributed by atoms with E-state index in [0.717, 1.165) is 5.56 Å². The number of hydrogen-bond donors (Lipinski definition) is 6. The van der Waals surface area contributed by atoms with Crippen LogP contribution in [0, 0.1) is 0 Å². The monoisotopic (exact) mass is 380 g/mol. The number of nitrogens with two attached hydrogens (primary N) is 2. The number of hydrogen-bond acceptors (Lipinski definition) is 6. The third-order valence-electron chi connectivity index (χ3n) is 3.72. The molecule has 0 spiro atoms. The molecular weight excluding hydrogens is 356 g/mol. The number of aliphatic hydroxyl groups is 1. The van der Waals surface area contributed by atoms with Gasteiger partial charge in [0, 0.05) is 0 Å². The van der Waals surface area contributed by atoms with Crippen LogP contribution >= 0.6 is 0 Å². The highest BCUT2D eigenvalue weighted by atomic mass is 16.4. The molecule has 4 atom stereocenters. The fourth-order valence-electron chi connectivity index (χ4n) is 2.29. The van der Waals surface area contributed by atoms with Crippen LogP contribution in [-0.4, -0.2) is 58.1 Å². The number of carbonyl (C=O) groups excluding carboxylic acids is 3. The SMILES string of the molecule is C[C@@H](O)[C@H](NC(=O)[C@@H](N)Cc1ccccc1)C(=O)N[C@@H](CC(N)=O)C(=O)O. The fraction of sp³-hybridized carbons (Fsp3) is 0.412. The second-order valence-corrected chi connectivity index (χ2v) is 6.09. The van der Waals surface area contributed by atoms with Crippen molar-refractivity contribution >= 4 is 23.7 Å². The van der Waals surface area contributed by atoms with Gasteiger partial charge in [-0.05, 0) is 18.9 Å². The zero-order valence-electron chi connectivity index (χ0n) is 14.8. The number of rotatable bonds is 10. The normalized spacial score (nSPS) is 15.1. The van der Waals surface area contributed by atoms with Crippen molar-refractivity contribution in [3.8, 4) is 0 Å². The third-order valence-corrected chi connectivity index (χ3v) is 3.72. The largest absolute Gasteiger partial charge is 0.480 e. The van der Waals surface area contributed by atoms with Crippen LogP contribution in [0.25, 0.3) is 0 Å². The molecule has 0 saturated carbocycles. The number of nitrogens with one attached hydrogen (secondary N) is 2. The van der Waals surface area contributed by atoms with E-state index in [1.165, 1.54) is 6.92 Å². The van der Waals surface area contributed by atoms with Gasteiger partial charge in [0.15, 0.2) is 0 Å². The van der Waals surface area contributed by atoms with E-state index in [-0.39, 0.29) is 6.42 Å². The molecule has 27 heavy (non-hydrogen) atoms. The second-order valence-electron chi connectivity index (χ2n) is 6.09. The first-order chi connectivity index (χ1) is 12.6. The third kappa shape index (κ3) is 7.42. The lowest BCUT2D eigenvalue weighted by molar-refractivity contribution is -0.144. The van der Waals surface area contributed by atoms with Crippen LogP contribution in [0.4, 0.5) is 0 Å². The fourth-order valence-corrected chi connectivity index (χ4v) is 2.29. The number of benzene rings is 1. The first kappa shape index (κ1) is 22.1. The van der Waals surface area contributed by atoms with Crippen molar-refractivity contribution in [1.82, 2.24) is 10.6 Å². The van der Waals surface area contributed by atoms with E-state index in [0.29, 0.717) is 0 Å². The Kier molecular flexibility index (Phi) is 8.36. The minimum atomic E-state index is -1.58. The van der Waals surface area contributed by atoms with Gasteiger partial charge >= 0.3 is 5.97 Å². The highest BCUT2D eigenvalue weighted by Crippen LogP contribution is 2.03. The van der Waals surface area contributed by atoms with Crippen LogP contribution in [0.2, 0.25) is 0 Å². The molecule has 3 amide bonds. The van der Waals surface area contributed by atoms with Gasteiger partial charge < -0.3 is 32.3 Å². The Hall–Kier alpha value is -2.98. The minimum Gasteiger partial charge on any atom is -0.480 e. The molecule has 0 aliphatic rings. The van der Waals surface area contributed by atoms with Crippen LogP contribution < -0.4 is 22.1 Å². The summed E-state index contributed by atoms with van der Waals surface area (Å²) in [5, 5.41) is 23.2. The van der Waals surface area contributed by atoms with Crippen molar-refractivity contribution in [2.45, 2.75) is 44.0 Å². The molecule has 0 aliphatic heterocycles. The van der Waals surface area contributed by atoms with Gasteiger partial charge in [0.2, 0.25) is 17.7 Å². The van der Waals surface area contributed by atoms with E-state index in [1.807, 2.05) is 6.07 Å².